The minimum absolute atomic E-state index is 0.0864. The predicted octanol–water partition coefficient (Wildman–Crippen LogP) is 3.51. The molecule has 0 bridgehead atoms. The molecule has 0 unspecified atom stereocenters. The number of fused-ring (bicyclic) bond motifs is 1. The molecule has 28 heavy (non-hydrogen) atoms. The number of benzene rings is 2. The molecule has 1 heterocycles. The first kappa shape index (κ1) is 18.0. The Balaban J connectivity index is 1.37. The van der Waals surface area contributed by atoms with Gasteiger partial charge in [-0.15, -0.1) is 0 Å². The van der Waals surface area contributed by atoms with Crippen LogP contribution in [0, 0.1) is 5.92 Å². The smallest absolute Gasteiger partial charge is 0.243 e. The van der Waals surface area contributed by atoms with E-state index in [0.717, 1.165) is 28.6 Å². The molecule has 1 saturated carbocycles. The molecule has 1 amide bonds. The summed E-state index contributed by atoms with van der Waals surface area (Å²) in [4.78, 5) is 17.1. The summed E-state index contributed by atoms with van der Waals surface area (Å²) < 4.78 is 10.5. The number of carbonyl (C=O) groups excluding carboxylic acids is 1. The van der Waals surface area contributed by atoms with Crippen molar-refractivity contribution in [3.8, 4) is 11.5 Å². The van der Waals surface area contributed by atoms with Gasteiger partial charge in [-0.3, -0.25) is 9.78 Å². The zero-order valence-electron chi connectivity index (χ0n) is 15.8. The molecule has 0 aliphatic heterocycles. The van der Waals surface area contributed by atoms with Gasteiger partial charge in [0.1, 0.15) is 0 Å². The minimum Gasteiger partial charge on any atom is -0.493 e. The Labute approximate surface area is 163 Å². The molecule has 2 aromatic carbocycles. The largest absolute Gasteiger partial charge is 0.493 e. The lowest BCUT2D eigenvalue weighted by Gasteiger charge is -2.07. The Morgan fingerprint density at radius 1 is 1.11 bits per heavy atom. The number of carbonyl (C=O) groups is 1. The van der Waals surface area contributed by atoms with Crippen LogP contribution in [0.5, 0.6) is 11.5 Å². The topological polar surface area (TPSA) is 72.8 Å². The number of pyridine rings is 1. The second-order valence-corrected chi connectivity index (χ2v) is 6.73. The average Bonchev–Trinajstić information content (AvgIpc) is 3.54. The molecule has 3 aromatic rings. The number of ether oxygens (including phenoxy) is 2. The van der Waals surface area contributed by atoms with E-state index in [1.54, 1.807) is 32.6 Å². The van der Waals surface area contributed by atoms with Crippen molar-refractivity contribution in [3.63, 3.8) is 0 Å². The van der Waals surface area contributed by atoms with E-state index in [0.29, 0.717) is 11.5 Å². The Morgan fingerprint density at radius 2 is 1.93 bits per heavy atom. The van der Waals surface area contributed by atoms with Crippen LogP contribution in [0.3, 0.4) is 0 Å². The normalized spacial score (nSPS) is 18.2. The van der Waals surface area contributed by atoms with Crippen molar-refractivity contribution in [1.29, 1.82) is 0 Å². The number of amides is 1. The Hall–Kier alpha value is -3.41. The molecule has 6 nitrogen and oxygen atoms in total. The molecule has 1 fully saturated rings. The summed E-state index contributed by atoms with van der Waals surface area (Å²) in [7, 11) is 3.16. The molecule has 6 heteroatoms. The van der Waals surface area contributed by atoms with Crippen molar-refractivity contribution in [2.24, 2.45) is 11.0 Å². The highest BCUT2D eigenvalue weighted by Gasteiger charge is 2.45. The van der Waals surface area contributed by atoms with Gasteiger partial charge in [-0.2, -0.15) is 5.10 Å². The highest BCUT2D eigenvalue weighted by atomic mass is 16.5. The third-order valence-corrected chi connectivity index (χ3v) is 4.92. The van der Waals surface area contributed by atoms with Crippen molar-refractivity contribution in [3.05, 3.63) is 65.9 Å². The van der Waals surface area contributed by atoms with E-state index in [1.165, 1.54) is 0 Å². The Morgan fingerprint density at radius 3 is 2.75 bits per heavy atom. The first-order valence-corrected chi connectivity index (χ1v) is 9.10. The molecule has 1 aromatic heterocycles. The van der Waals surface area contributed by atoms with Gasteiger partial charge in [-0.1, -0.05) is 24.3 Å². The van der Waals surface area contributed by atoms with Gasteiger partial charge < -0.3 is 9.47 Å². The maximum absolute atomic E-state index is 12.4. The second kappa shape index (κ2) is 7.68. The summed E-state index contributed by atoms with van der Waals surface area (Å²) in [5.74, 6) is 1.24. The standard InChI is InChI=1S/C22H21N3O3/c1-27-20-10-7-14(11-21(20)28-2)13-23-25-22(26)17-12-16(17)19-9-8-15-5-3-4-6-18(15)24-19/h3-11,13,16-17H,12H2,1-2H3,(H,25,26)/t16-,17-/m1/s1. The van der Waals surface area contributed by atoms with E-state index in [2.05, 4.69) is 21.6 Å². The van der Waals surface area contributed by atoms with E-state index in [1.807, 2.05) is 36.4 Å². The molecular weight excluding hydrogens is 354 g/mol. The predicted molar refractivity (Wildman–Crippen MR) is 108 cm³/mol. The van der Waals surface area contributed by atoms with Gasteiger partial charge in [0.05, 0.1) is 26.0 Å². The van der Waals surface area contributed by atoms with Crippen LogP contribution in [0.1, 0.15) is 23.6 Å². The summed E-state index contributed by atoms with van der Waals surface area (Å²) in [5, 5.41) is 5.17. The van der Waals surface area contributed by atoms with Crippen LogP contribution < -0.4 is 14.9 Å². The van der Waals surface area contributed by atoms with Crippen LogP contribution in [0.25, 0.3) is 10.9 Å². The monoisotopic (exact) mass is 375 g/mol. The number of hydrogen-bond acceptors (Lipinski definition) is 5. The van der Waals surface area contributed by atoms with Gasteiger partial charge in [0.15, 0.2) is 11.5 Å². The van der Waals surface area contributed by atoms with Gasteiger partial charge in [-0.25, -0.2) is 5.43 Å². The van der Waals surface area contributed by atoms with Gasteiger partial charge in [0.2, 0.25) is 5.91 Å². The number of para-hydroxylation sites is 1. The van der Waals surface area contributed by atoms with E-state index in [-0.39, 0.29) is 17.7 Å². The number of aromatic nitrogens is 1. The number of methoxy groups -OCH3 is 2. The van der Waals surface area contributed by atoms with Crippen LogP contribution in [-0.4, -0.2) is 31.3 Å². The van der Waals surface area contributed by atoms with Crippen molar-refractivity contribution in [1.82, 2.24) is 10.4 Å². The first-order chi connectivity index (χ1) is 13.7. The summed E-state index contributed by atoms with van der Waals surface area (Å²) in [6.07, 6.45) is 2.38. The van der Waals surface area contributed by atoms with E-state index in [9.17, 15) is 4.79 Å². The van der Waals surface area contributed by atoms with Crippen LogP contribution in [-0.2, 0) is 4.79 Å². The summed E-state index contributed by atoms with van der Waals surface area (Å²) in [5.41, 5.74) is 5.35. The Kier molecular flexibility index (Phi) is 4.93. The van der Waals surface area contributed by atoms with Crippen molar-refractivity contribution in [2.45, 2.75) is 12.3 Å². The lowest BCUT2D eigenvalue weighted by Crippen LogP contribution is -2.20. The highest BCUT2D eigenvalue weighted by Crippen LogP contribution is 2.47. The lowest BCUT2D eigenvalue weighted by molar-refractivity contribution is -0.122. The molecular formula is C22H21N3O3. The van der Waals surface area contributed by atoms with Gasteiger partial charge >= 0.3 is 0 Å². The first-order valence-electron chi connectivity index (χ1n) is 9.10. The average molecular weight is 375 g/mol. The van der Waals surface area contributed by atoms with Crippen molar-refractivity contribution >= 4 is 23.0 Å². The minimum atomic E-state index is -0.0868. The molecule has 1 aliphatic rings. The van der Waals surface area contributed by atoms with Crippen molar-refractivity contribution in [2.75, 3.05) is 14.2 Å². The number of hydrogen-bond donors (Lipinski definition) is 1. The lowest BCUT2D eigenvalue weighted by atomic mass is 10.1. The van der Waals surface area contributed by atoms with Crippen LogP contribution >= 0.6 is 0 Å². The quantitative estimate of drug-likeness (QED) is 0.529. The molecule has 1 aliphatic carbocycles. The molecule has 0 radical (unpaired) electrons. The van der Waals surface area contributed by atoms with E-state index >= 15 is 0 Å². The molecule has 1 N–H and O–H groups in total. The van der Waals surface area contributed by atoms with Crippen LogP contribution in [0.4, 0.5) is 0 Å². The fourth-order valence-electron chi connectivity index (χ4n) is 3.29. The Bertz CT molecular complexity index is 1050. The SMILES string of the molecule is COc1ccc(C=NNC(=O)[C@@H]2C[C@H]2c2ccc3ccccc3n2)cc1OC. The number of nitrogens with zero attached hydrogens (tertiary/aromatic N) is 2. The molecule has 0 saturated heterocycles. The number of rotatable bonds is 6. The third-order valence-electron chi connectivity index (χ3n) is 4.92. The molecule has 0 spiro atoms. The maximum atomic E-state index is 12.4. The highest BCUT2D eigenvalue weighted by molar-refractivity contribution is 5.86. The second-order valence-electron chi connectivity index (χ2n) is 6.73. The third kappa shape index (κ3) is 3.67. The van der Waals surface area contributed by atoms with Gasteiger partial charge in [0.25, 0.3) is 0 Å². The summed E-state index contributed by atoms with van der Waals surface area (Å²) >= 11 is 0. The fourth-order valence-corrected chi connectivity index (χ4v) is 3.29. The van der Waals surface area contributed by atoms with Gasteiger partial charge in [-0.05, 0) is 42.3 Å². The zero-order valence-corrected chi connectivity index (χ0v) is 15.8. The van der Waals surface area contributed by atoms with Crippen LogP contribution in [0.2, 0.25) is 0 Å². The summed E-state index contributed by atoms with van der Waals surface area (Å²) in [6, 6.07) is 17.5. The maximum Gasteiger partial charge on any atom is 0.243 e. The van der Waals surface area contributed by atoms with Crippen molar-refractivity contribution < 1.29 is 14.3 Å². The summed E-state index contributed by atoms with van der Waals surface area (Å²) in [6.45, 7) is 0. The van der Waals surface area contributed by atoms with Gasteiger partial charge in [0, 0.05) is 22.9 Å². The zero-order chi connectivity index (χ0) is 19.5. The molecule has 4 rings (SSSR count). The van der Waals surface area contributed by atoms with E-state index in [4.69, 9.17) is 9.47 Å². The fraction of sp³-hybridized carbons (Fsp3) is 0.227. The molecule has 142 valence electrons. The van der Waals surface area contributed by atoms with E-state index < -0.39 is 0 Å². The number of nitrogens with one attached hydrogen (secondary N) is 1. The molecule has 2 atom stereocenters. The number of hydrazone groups is 1. The van der Waals surface area contributed by atoms with Crippen LogP contribution in [0.15, 0.2) is 59.7 Å².